The topological polar surface area (TPSA) is 68.5 Å². The highest BCUT2D eigenvalue weighted by atomic mass is 32.1. The zero-order valence-corrected chi connectivity index (χ0v) is 14.8. The number of methoxy groups -OCH3 is 1. The van der Waals surface area contributed by atoms with Crippen molar-refractivity contribution in [2.75, 3.05) is 13.7 Å². The monoisotopic (exact) mass is 347 g/mol. The molecule has 0 unspecified atom stereocenters. The van der Waals surface area contributed by atoms with Gasteiger partial charge in [-0.15, -0.1) is 21.5 Å². The summed E-state index contributed by atoms with van der Waals surface area (Å²) < 4.78 is 11.1. The Morgan fingerprint density at radius 2 is 2.21 bits per heavy atom. The van der Waals surface area contributed by atoms with Crippen LogP contribution in [0.2, 0.25) is 0 Å². The van der Waals surface area contributed by atoms with Gasteiger partial charge in [0.15, 0.2) is 0 Å². The highest BCUT2D eigenvalue weighted by Crippen LogP contribution is 2.36. The summed E-state index contributed by atoms with van der Waals surface area (Å²) in [6.45, 7) is 2.32. The molecule has 1 amide bonds. The van der Waals surface area contributed by atoms with E-state index in [1.54, 1.807) is 25.4 Å². The third kappa shape index (κ3) is 2.75. The molecule has 4 rings (SSSR count). The van der Waals surface area contributed by atoms with E-state index in [2.05, 4.69) is 16.3 Å². The molecule has 0 aromatic carbocycles. The van der Waals surface area contributed by atoms with Crippen molar-refractivity contribution in [3.63, 3.8) is 0 Å². The number of aromatic nitrogens is 2. The minimum Gasteiger partial charge on any atom is -0.423 e. The van der Waals surface area contributed by atoms with Crippen molar-refractivity contribution in [2.45, 2.75) is 51.2 Å². The molecule has 2 aromatic rings. The van der Waals surface area contributed by atoms with Gasteiger partial charge in [0.25, 0.3) is 5.91 Å². The van der Waals surface area contributed by atoms with Crippen molar-refractivity contribution in [1.29, 1.82) is 0 Å². The number of thiophene rings is 1. The number of hydrogen-bond acceptors (Lipinski definition) is 6. The minimum absolute atomic E-state index is 0.000688. The zero-order chi connectivity index (χ0) is 16.7. The van der Waals surface area contributed by atoms with Crippen LogP contribution in [-0.4, -0.2) is 40.8 Å². The Labute approximate surface area is 144 Å². The number of hydrogen-bond donors (Lipinski definition) is 0. The highest BCUT2D eigenvalue weighted by Gasteiger charge is 2.40. The molecule has 0 saturated carbocycles. The summed E-state index contributed by atoms with van der Waals surface area (Å²) in [7, 11) is 1.68. The molecule has 2 aromatic heterocycles. The lowest BCUT2D eigenvalue weighted by atomic mass is 9.99. The van der Waals surface area contributed by atoms with Gasteiger partial charge in [0.2, 0.25) is 11.8 Å². The van der Waals surface area contributed by atoms with Gasteiger partial charge in [-0.2, -0.15) is 0 Å². The van der Waals surface area contributed by atoms with E-state index in [4.69, 9.17) is 9.15 Å². The van der Waals surface area contributed by atoms with E-state index in [1.165, 1.54) is 23.3 Å². The third-order valence-corrected chi connectivity index (χ3v) is 6.12. The fraction of sp³-hybridized carbons (Fsp3) is 0.588. The fourth-order valence-corrected chi connectivity index (χ4v) is 4.82. The maximum atomic E-state index is 13.1. The predicted octanol–water partition coefficient (Wildman–Crippen LogP) is 2.92. The summed E-state index contributed by atoms with van der Waals surface area (Å²) in [5.41, 5.74) is 1.35. The fourth-order valence-electron chi connectivity index (χ4n) is 3.61. The highest BCUT2D eigenvalue weighted by molar-refractivity contribution is 7.14. The van der Waals surface area contributed by atoms with Gasteiger partial charge < -0.3 is 14.1 Å². The molecule has 0 N–H and O–H groups in total. The lowest BCUT2D eigenvalue weighted by Crippen LogP contribution is -2.31. The normalized spacial score (nSPS) is 23.5. The second kappa shape index (κ2) is 6.29. The Morgan fingerprint density at radius 3 is 2.92 bits per heavy atom. The molecule has 7 heteroatoms. The average Bonchev–Trinajstić information content (AvgIpc) is 3.30. The van der Waals surface area contributed by atoms with Crippen LogP contribution < -0.4 is 0 Å². The molecular weight excluding hydrogens is 326 g/mol. The minimum atomic E-state index is -0.206. The molecule has 128 valence electrons. The molecule has 2 atom stereocenters. The molecule has 1 aliphatic heterocycles. The van der Waals surface area contributed by atoms with E-state index < -0.39 is 0 Å². The van der Waals surface area contributed by atoms with Gasteiger partial charge in [-0.3, -0.25) is 4.79 Å². The Hall–Kier alpha value is -1.73. The summed E-state index contributed by atoms with van der Waals surface area (Å²) in [6, 6.07) is 1.88. The van der Waals surface area contributed by atoms with Crippen LogP contribution in [0.15, 0.2) is 10.5 Å². The number of carbonyl (C=O) groups is 1. The van der Waals surface area contributed by atoms with Gasteiger partial charge in [-0.05, 0) is 37.3 Å². The smallest absolute Gasteiger partial charge is 0.264 e. The van der Waals surface area contributed by atoms with Crippen molar-refractivity contribution in [3.05, 3.63) is 33.2 Å². The van der Waals surface area contributed by atoms with Gasteiger partial charge in [-0.25, -0.2) is 0 Å². The maximum Gasteiger partial charge on any atom is 0.264 e. The van der Waals surface area contributed by atoms with Crippen molar-refractivity contribution in [2.24, 2.45) is 0 Å². The van der Waals surface area contributed by atoms with Gasteiger partial charge >= 0.3 is 0 Å². The number of likely N-dealkylation sites (tertiary alicyclic amines) is 1. The van der Waals surface area contributed by atoms with Gasteiger partial charge in [-0.1, -0.05) is 0 Å². The lowest BCUT2D eigenvalue weighted by Gasteiger charge is -2.21. The average molecular weight is 347 g/mol. The first-order chi connectivity index (χ1) is 11.7. The zero-order valence-electron chi connectivity index (χ0n) is 13.9. The van der Waals surface area contributed by atoms with Crippen LogP contribution in [0.3, 0.4) is 0 Å². The van der Waals surface area contributed by atoms with Crippen LogP contribution >= 0.6 is 11.3 Å². The Morgan fingerprint density at radius 1 is 1.38 bits per heavy atom. The van der Waals surface area contributed by atoms with Gasteiger partial charge in [0, 0.05) is 31.9 Å². The van der Waals surface area contributed by atoms with E-state index in [1.807, 2.05) is 4.90 Å². The van der Waals surface area contributed by atoms with Gasteiger partial charge in [0.05, 0.1) is 11.0 Å². The quantitative estimate of drug-likeness (QED) is 0.854. The number of fused-ring (bicyclic) bond motifs is 1. The summed E-state index contributed by atoms with van der Waals surface area (Å²) >= 11 is 1.64. The van der Waals surface area contributed by atoms with Crippen molar-refractivity contribution in [1.82, 2.24) is 15.1 Å². The summed E-state index contributed by atoms with van der Waals surface area (Å²) in [6.07, 6.45) is 5.32. The second-order valence-corrected chi connectivity index (χ2v) is 7.63. The number of ether oxygens (including phenoxy) is 1. The molecule has 0 radical (unpaired) electrons. The number of aryl methyl sites for hydroxylation is 3. The van der Waals surface area contributed by atoms with Crippen LogP contribution in [0.5, 0.6) is 0 Å². The van der Waals surface area contributed by atoms with E-state index >= 15 is 0 Å². The van der Waals surface area contributed by atoms with Gasteiger partial charge in [0.1, 0.15) is 6.04 Å². The summed E-state index contributed by atoms with van der Waals surface area (Å²) in [4.78, 5) is 17.1. The standard InChI is InChI=1S/C17H21N3O3S/c1-10-18-19-16(23-10)13-8-12(22-2)9-20(13)17(21)15-7-11-5-3-4-6-14(11)24-15/h7,12-13H,3-6,8-9H2,1-2H3/t12-,13-/m1/s1. The molecular formula is C17H21N3O3S. The maximum absolute atomic E-state index is 13.1. The van der Waals surface area contributed by atoms with Crippen molar-refractivity contribution in [3.8, 4) is 0 Å². The van der Waals surface area contributed by atoms with Crippen molar-refractivity contribution < 1.29 is 13.9 Å². The number of nitrogens with zero attached hydrogens (tertiary/aromatic N) is 3. The van der Waals surface area contributed by atoms with E-state index in [0.29, 0.717) is 24.7 Å². The molecule has 1 aliphatic carbocycles. The van der Waals surface area contributed by atoms with E-state index in [-0.39, 0.29) is 18.1 Å². The molecule has 1 fully saturated rings. The number of amides is 1. The molecule has 24 heavy (non-hydrogen) atoms. The first-order valence-electron chi connectivity index (χ1n) is 8.41. The molecule has 3 heterocycles. The van der Waals surface area contributed by atoms with Crippen LogP contribution in [-0.2, 0) is 17.6 Å². The Kier molecular flexibility index (Phi) is 4.14. The molecule has 1 saturated heterocycles. The first kappa shape index (κ1) is 15.8. The summed E-state index contributed by atoms with van der Waals surface area (Å²) in [5.74, 6) is 1.07. The van der Waals surface area contributed by atoms with E-state index in [0.717, 1.165) is 17.7 Å². The van der Waals surface area contributed by atoms with E-state index in [9.17, 15) is 4.79 Å². The largest absolute Gasteiger partial charge is 0.423 e. The van der Waals surface area contributed by atoms with Crippen LogP contribution in [0, 0.1) is 6.92 Å². The van der Waals surface area contributed by atoms with Crippen LogP contribution in [0.1, 0.15) is 57.2 Å². The van der Waals surface area contributed by atoms with Crippen LogP contribution in [0.4, 0.5) is 0 Å². The molecule has 0 bridgehead atoms. The second-order valence-electron chi connectivity index (χ2n) is 6.49. The molecule has 2 aliphatic rings. The van der Waals surface area contributed by atoms with Crippen LogP contribution in [0.25, 0.3) is 0 Å². The van der Waals surface area contributed by atoms with Crippen molar-refractivity contribution >= 4 is 17.2 Å². The Balaban J connectivity index is 1.62. The number of carbonyl (C=O) groups excluding carboxylic acids is 1. The first-order valence-corrected chi connectivity index (χ1v) is 9.22. The number of rotatable bonds is 3. The third-order valence-electron chi connectivity index (χ3n) is 4.89. The Bertz CT molecular complexity index is 731. The SMILES string of the molecule is CO[C@@H]1C[C@H](c2nnc(C)o2)N(C(=O)c2cc3c(s2)CCCC3)C1. The molecule has 0 spiro atoms. The molecule has 6 nitrogen and oxygen atoms in total. The summed E-state index contributed by atoms with van der Waals surface area (Å²) in [5, 5.41) is 8.03. The lowest BCUT2D eigenvalue weighted by molar-refractivity contribution is 0.0678. The predicted molar refractivity (Wildman–Crippen MR) is 89.2 cm³/mol.